The van der Waals surface area contributed by atoms with Gasteiger partial charge in [-0.15, -0.1) is 0 Å². The number of nitrogens with zero attached hydrogens (tertiary/aromatic N) is 1. The molecule has 0 saturated carbocycles. The summed E-state index contributed by atoms with van der Waals surface area (Å²) in [4.78, 5) is 24.5. The molecule has 0 spiro atoms. The molecule has 0 aliphatic carbocycles. The fourth-order valence-corrected chi connectivity index (χ4v) is 1.71. The molecule has 5 heteroatoms. The molecule has 1 saturated heterocycles. The normalized spacial score (nSPS) is 20.9. The zero-order chi connectivity index (χ0) is 12.0. The first-order valence-corrected chi connectivity index (χ1v) is 5.61. The van der Waals surface area contributed by atoms with E-state index < -0.39 is 0 Å². The van der Waals surface area contributed by atoms with Gasteiger partial charge in [0, 0.05) is 19.4 Å². The number of likely N-dealkylation sites (tertiary alicyclic amines) is 1. The van der Waals surface area contributed by atoms with E-state index in [1.165, 1.54) is 4.90 Å². The molecule has 1 aliphatic rings. The van der Waals surface area contributed by atoms with Crippen LogP contribution in [0.4, 0.5) is 0 Å². The second-order valence-corrected chi connectivity index (χ2v) is 3.80. The van der Waals surface area contributed by atoms with Crippen molar-refractivity contribution in [3.8, 4) is 0 Å². The van der Waals surface area contributed by atoms with Crippen LogP contribution in [-0.4, -0.2) is 50.2 Å². The van der Waals surface area contributed by atoms with Crippen LogP contribution in [0.25, 0.3) is 0 Å². The number of rotatable bonds is 7. The van der Waals surface area contributed by atoms with Crippen LogP contribution < -0.4 is 0 Å². The van der Waals surface area contributed by atoms with Gasteiger partial charge in [-0.2, -0.15) is 0 Å². The maximum Gasteiger partial charge on any atom is 0.232 e. The number of methoxy groups -OCH3 is 1. The molecule has 0 N–H and O–H groups in total. The summed E-state index contributed by atoms with van der Waals surface area (Å²) in [5.41, 5.74) is 0. The Morgan fingerprint density at radius 2 is 2.06 bits per heavy atom. The predicted molar refractivity (Wildman–Crippen MR) is 57.8 cm³/mol. The number of ether oxygens (including phenoxy) is 2. The minimum absolute atomic E-state index is 0.0529. The second-order valence-electron chi connectivity index (χ2n) is 3.80. The van der Waals surface area contributed by atoms with Gasteiger partial charge in [-0.3, -0.25) is 14.5 Å². The summed E-state index contributed by atoms with van der Waals surface area (Å²) in [5.74, 6) is -0.249. The van der Waals surface area contributed by atoms with E-state index >= 15 is 0 Å². The first-order chi connectivity index (χ1) is 7.70. The molecule has 0 aromatic heterocycles. The van der Waals surface area contributed by atoms with Gasteiger partial charge in [-0.05, 0) is 6.42 Å². The summed E-state index contributed by atoms with van der Waals surface area (Å²) in [5, 5.41) is 0. The van der Waals surface area contributed by atoms with Gasteiger partial charge in [-0.1, -0.05) is 6.92 Å². The predicted octanol–water partition coefficient (Wildman–Crippen LogP) is 0.434. The van der Waals surface area contributed by atoms with Crippen molar-refractivity contribution in [1.29, 1.82) is 0 Å². The second kappa shape index (κ2) is 6.60. The summed E-state index contributed by atoms with van der Waals surface area (Å²) in [6.07, 6.45) is 1.08. The minimum Gasteiger partial charge on any atom is -0.382 e. The van der Waals surface area contributed by atoms with E-state index in [4.69, 9.17) is 9.47 Å². The molecular formula is C11H19NO4. The highest BCUT2D eigenvalue weighted by molar-refractivity contribution is 6.03. The van der Waals surface area contributed by atoms with E-state index in [1.807, 2.05) is 6.92 Å². The Morgan fingerprint density at radius 1 is 1.31 bits per heavy atom. The summed E-state index contributed by atoms with van der Waals surface area (Å²) in [6, 6.07) is 0. The molecule has 0 radical (unpaired) electrons. The first kappa shape index (κ1) is 13.1. The van der Waals surface area contributed by atoms with Crippen molar-refractivity contribution in [1.82, 2.24) is 4.90 Å². The van der Waals surface area contributed by atoms with E-state index in [2.05, 4.69) is 0 Å². The third kappa shape index (κ3) is 3.28. The summed E-state index contributed by atoms with van der Waals surface area (Å²) in [7, 11) is 1.60. The Morgan fingerprint density at radius 3 is 2.62 bits per heavy atom. The molecule has 1 rings (SSSR count). The van der Waals surface area contributed by atoms with Crippen LogP contribution in [-0.2, 0) is 19.1 Å². The van der Waals surface area contributed by atoms with Gasteiger partial charge in [0.25, 0.3) is 0 Å². The van der Waals surface area contributed by atoms with E-state index in [-0.39, 0.29) is 17.7 Å². The molecule has 1 fully saturated rings. The van der Waals surface area contributed by atoms with Gasteiger partial charge in [0.15, 0.2) is 0 Å². The van der Waals surface area contributed by atoms with E-state index in [1.54, 1.807) is 7.11 Å². The zero-order valence-electron chi connectivity index (χ0n) is 9.90. The molecule has 0 bridgehead atoms. The number of hydrogen-bond donors (Lipinski definition) is 0. The van der Waals surface area contributed by atoms with Crippen LogP contribution in [0.3, 0.4) is 0 Å². The molecule has 1 unspecified atom stereocenters. The van der Waals surface area contributed by atoms with E-state index in [0.29, 0.717) is 32.8 Å². The summed E-state index contributed by atoms with van der Waals surface area (Å²) in [6.45, 7) is 3.69. The van der Waals surface area contributed by atoms with Crippen LogP contribution in [0, 0.1) is 5.92 Å². The third-order valence-electron chi connectivity index (χ3n) is 2.72. The van der Waals surface area contributed by atoms with E-state index in [9.17, 15) is 9.59 Å². The smallest absolute Gasteiger partial charge is 0.232 e. The van der Waals surface area contributed by atoms with Crippen molar-refractivity contribution < 1.29 is 19.1 Å². The molecule has 1 heterocycles. The monoisotopic (exact) mass is 229 g/mol. The standard InChI is InChI=1S/C11H19NO4/c1-3-9-8-10(13)12(11(9)14)4-5-16-7-6-15-2/h9H,3-8H2,1-2H3. The first-order valence-electron chi connectivity index (χ1n) is 5.61. The Bertz CT molecular complexity index is 254. The third-order valence-corrected chi connectivity index (χ3v) is 2.72. The molecule has 5 nitrogen and oxygen atoms in total. The van der Waals surface area contributed by atoms with Gasteiger partial charge in [-0.25, -0.2) is 0 Å². The highest BCUT2D eigenvalue weighted by atomic mass is 16.5. The van der Waals surface area contributed by atoms with Crippen LogP contribution >= 0.6 is 0 Å². The largest absolute Gasteiger partial charge is 0.382 e. The molecular weight excluding hydrogens is 210 g/mol. The van der Waals surface area contributed by atoms with Crippen molar-refractivity contribution >= 4 is 11.8 Å². The Labute approximate surface area is 95.7 Å². The maximum atomic E-state index is 11.7. The minimum atomic E-state index is -0.119. The maximum absolute atomic E-state index is 11.7. The lowest BCUT2D eigenvalue weighted by atomic mass is 10.1. The molecule has 1 atom stereocenters. The van der Waals surface area contributed by atoms with Gasteiger partial charge >= 0.3 is 0 Å². The Hall–Kier alpha value is -0.940. The fourth-order valence-electron chi connectivity index (χ4n) is 1.71. The highest BCUT2D eigenvalue weighted by Crippen LogP contribution is 2.21. The van der Waals surface area contributed by atoms with Gasteiger partial charge in [0.2, 0.25) is 11.8 Å². The van der Waals surface area contributed by atoms with Gasteiger partial charge in [0.1, 0.15) is 0 Å². The number of carbonyl (C=O) groups excluding carboxylic acids is 2. The summed E-state index contributed by atoms with van der Waals surface area (Å²) < 4.78 is 10.0. The number of carbonyl (C=O) groups is 2. The van der Waals surface area contributed by atoms with Crippen LogP contribution in [0.1, 0.15) is 19.8 Å². The zero-order valence-corrected chi connectivity index (χ0v) is 9.90. The lowest BCUT2D eigenvalue weighted by Gasteiger charge is -2.14. The van der Waals surface area contributed by atoms with E-state index in [0.717, 1.165) is 6.42 Å². The molecule has 0 aromatic rings. The quantitative estimate of drug-likeness (QED) is 0.469. The van der Waals surface area contributed by atoms with Gasteiger partial charge < -0.3 is 9.47 Å². The van der Waals surface area contributed by atoms with Crippen molar-refractivity contribution in [2.75, 3.05) is 33.5 Å². The van der Waals surface area contributed by atoms with Crippen LogP contribution in [0.5, 0.6) is 0 Å². The molecule has 2 amide bonds. The Kier molecular flexibility index (Phi) is 5.42. The molecule has 92 valence electrons. The van der Waals surface area contributed by atoms with Crippen LogP contribution in [0.2, 0.25) is 0 Å². The lowest BCUT2D eigenvalue weighted by molar-refractivity contribution is -0.140. The van der Waals surface area contributed by atoms with Crippen molar-refractivity contribution in [3.05, 3.63) is 0 Å². The lowest BCUT2D eigenvalue weighted by Crippen LogP contribution is -2.33. The SMILES string of the molecule is CCC1CC(=O)N(CCOCCOC)C1=O. The van der Waals surface area contributed by atoms with Gasteiger partial charge in [0.05, 0.1) is 26.4 Å². The molecule has 0 aromatic carbocycles. The Balaban J connectivity index is 2.26. The average molecular weight is 229 g/mol. The highest BCUT2D eigenvalue weighted by Gasteiger charge is 2.36. The van der Waals surface area contributed by atoms with Crippen molar-refractivity contribution in [2.24, 2.45) is 5.92 Å². The molecule has 16 heavy (non-hydrogen) atoms. The topological polar surface area (TPSA) is 55.8 Å². The van der Waals surface area contributed by atoms with Crippen molar-refractivity contribution in [3.63, 3.8) is 0 Å². The van der Waals surface area contributed by atoms with Crippen molar-refractivity contribution in [2.45, 2.75) is 19.8 Å². The van der Waals surface area contributed by atoms with Crippen LogP contribution in [0.15, 0.2) is 0 Å². The fraction of sp³-hybridized carbons (Fsp3) is 0.818. The average Bonchev–Trinajstić information content (AvgIpc) is 2.55. The molecule has 1 aliphatic heterocycles. The number of hydrogen-bond acceptors (Lipinski definition) is 4. The number of imide groups is 1. The summed E-state index contributed by atoms with van der Waals surface area (Å²) >= 11 is 0. The number of amides is 2.